The van der Waals surface area contributed by atoms with Crippen LogP contribution >= 0.6 is 0 Å². The minimum atomic E-state index is -0.411. The molecule has 100 valence electrons. The van der Waals surface area contributed by atoms with Crippen LogP contribution in [0.3, 0.4) is 0 Å². The number of methoxy groups -OCH3 is 1. The summed E-state index contributed by atoms with van der Waals surface area (Å²) in [7, 11) is 1.56. The number of carbonyl (C=O) groups excluding carboxylic acids is 2. The second kappa shape index (κ2) is 5.10. The molecular formula is C13H18O5. The van der Waals surface area contributed by atoms with Gasteiger partial charge in [0.05, 0.1) is 18.6 Å². The van der Waals surface area contributed by atoms with Crippen LogP contribution in [0.4, 0.5) is 0 Å². The van der Waals surface area contributed by atoms with Gasteiger partial charge in [0.15, 0.2) is 0 Å². The monoisotopic (exact) mass is 254 g/mol. The Morgan fingerprint density at radius 2 is 2.11 bits per heavy atom. The maximum Gasteiger partial charge on any atom is 0.333 e. The Kier molecular flexibility index (Phi) is 3.71. The molecule has 4 unspecified atom stereocenters. The molecule has 2 rings (SSSR count). The quantitative estimate of drug-likeness (QED) is 0.557. The number of rotatable bonds is 3. The van der Waals surface area contributed by atoms with Crippen LogP contribution in [-0.4, -0.2) is 37.9 Å². The van der Waals surface area contributed by atoms with Gasteiger partial charge in [-0.15, -0.1) is 0 Å². The predicted molar refractivity (Wildman–Crippen MR) is 62.7 cm³/mol. The van der Waals surface area contributed by atoms with Gasteiger partial charge < -0.3 is 14.2 Å². The van der Waals surface area contributed by atoms with Crippen LogP contribution in [0.15, 0.2) is 12.2 Å². The van der Waals surface area contributed by atoms with Gasteiger partial charge in [0, 0.05) is 18.6 Å². The van der Waals surface area contributed by atoms with E-state index in [0.717, 1.165) is 0 Å². The summed E-state index contributed by atoms with van der Waals surface area (Å²) in [6.07, 6.45) is 0.581. The molecule has 2 aliphatic rings. The molecule has 1 saturated heterocycles. The van der Waals surface area contributed by atoms with Crippen molar-refractivity contribution in [2.45, 2.75) is 32.0 Å². The van der Waals surface area contributed by atoms with Crippen LogP contribution in [0.25, 0.3) is 0 Å². The number of fused-ring (bicyclic) bond motifs is 1. The molecule has 0 spiro atoms. The third-order valence-electron chi connectivity index (χ3n) is 3.66. The fourth-order valence-corrected chi connectivity index (χ4v) is 2.59. The summed E-state index contributed by atoms with van der Waals surface area (Å²) in [5.74, 6) is -0.556. The van der Waals surface area contributed by atoms with Gasteiger partial charge in [0.25, 0.3) is 0 Å². The van der Waals surface area contributed by atoms with Crippen molar-refractivity contribution in [3.8, 4) is 0 Å². The van der Waals surface area contributed by atoms with E-state index in [0.29, 0.717) is 25.0 Å². The summed E-state index contributed by atoms with van der Waals surface area (Å²) in [6.45, 7) is 5.58. The summed E-state index contributed by atoms with van der Waals surface area (Å²) in [5, 5.41) is 0. The molecule has 1 aliphatic heterocycles. The normalized spacial score (nSPS) is 34.7. The summed E-state index contributed by atoms with van der Waals surface area (Å²) in [5.41, 5.74) is 0.366. The highest BCUT2D eigenvalue weighted by atomic mass is 16.6. The van der Waals surface area contributed by atoms with E-state index in [2.05, 4.69) is 6.58 Å². The van der Waals surface area contributed by atoms with Gasteiger partial charge in [-0.3, -0.25) is 4.79 Å². The van der Waals surface area contributed by atoms with Gasteiger partial charge in [-0.1, -0.05) is 6.58 Å². The molecule has 5 heteroatoms. The molecule has 1 heterocycles. The number of carbonyl (C=O) groups is 2. The van der Waals surface area contributed by atoms with Gasteiger partial charge in [-0.2, -0.15) is 0 Å². The summed E-state index contributed by atoms with van der Waals surface area (Å²) < 4.78 is 15.7. The molecule has 0 radical (unpaired) electrons. The number of hydrogen-bond acceptors (Lipinski definition) is 5. The molecule has 5 nitrogen and oxygen atoms in total. The van der Waals surface area contributed by atoms with Crippen molar-refractivity contribution in [2.75, 3.05) is 13.7 Å². The minimum Gasteiger partial charge on any atom is -0.465 e. The van der Waals surface area contributed by atoms with Crippen molar-refractivity contribution in [1.82, 2.24) is 0 Å². The van der Waals surface area contributed by atoms with E-state index in [4.69, 9.17) is 14.2 Å². The third kappa shape index (κ3) is 2.41. The molecule has 0 aromatic rings. The zero-order valence-electron chi connectivity index (χ0n) is 10.7. The average Bonchev–Trinajstić information content (AvgIpc) is 2.69. The van der Waals surface area contributed by atoms with E-state index in [1.807, 2.05) is 0 Å². The van der Waals surface area contributed by atoms with Crippen LogP contribution in [0.2, 0.25) is 0 Å². The first-order valence-corrected chi connectivity index (χ1v) is 6.08. The fourth-order valence-electron chi connectivity index (χ4n) is 2.59. The third-order valence-corrected chi connectivity index (χ3v) is 3.66. The summed E-state index contributed by atoms with van der Waals surface area (Å²) in [6, 6.07) is 0. The zero-order valence-corrected chi connectivity index (χ0v) is 10.7. The highest BCUT2D eigenvalue weighted by molar-refractivity contribution is 5.87. The maximum absolute atomic E-state index is 11.6. The molecule has 0 N–H and O–H groups in total. The van der Waals surface area contributed by atoms with E-state index in [-0.39, 0.29) is 30.0 Å². The van der Waals surface area contributed by atoms with E-state index in [9.17, 15) is 9.59 Å². The Morgan fingerprint density at radius 3 is 2.72 bits per heavy atom. The molecule has 0 aromatic heterocycles. The van der Waals surface area contributed by atoms with Crippen molar-refractivity contribution in [1.29, 1.82) is 0 Å². The van der Waals surface area contributed by atoms with E-state index in [1.165, 1.54) is 0 Å². The Hall–Kier alpha value is -1.36. The van der Waals surface area contributed by atoms with Crippen molar-refractivity contribution in [3.05, 3.63) is 12.2 Å². The molecule has 0 aromatic carbocycles. The number of ether oxygens (including phenoxy) is 3. The van der Waals surface area contributed by atoms with Gasteiger partial charge in [-0.05, 0) is 19.8 Å². The fraction of sp³-hybridized carbons (Fsp3) is 0.692. The molecule has 1 aliphatic carbocycles. The molecule has 18 heavy (non-hydrogen) atoms. The first kappa shape index (κ1) is 13.1. The topological polar surface area (TPSA) is 61.8 Å². The first-order chi connectivity index (χ1) is 8.52. The largest absolute Gasteiger partial charge is 0.465 e. The maximum atomic E-state index is 11.6. The second-order valence-corrected chi connectivity index (χ2v) is 4.97. The second-order valence-electron chi connectivity index (χ2n) is 4.97. The number of hydrogen-bond donors (Lipinski definition) is 0. The predicted octanol–water partition coefficient (Wildman–Crippen LogP) is 1.07. The molecular weight excluding hydrogens is 236 g/mol. The zero-order chi connectivity index (χ0) is 13.3. The Balaban J connectivity index is 2.04. The van der Waals surface area contributed by atoms with Crippen LogP contribution in [0, 0.1) is 11.8 Å². The average molecular weight is 254 g/mol. The highest BCUT2D eigenvalue weighted by Crippen LogP contribution is 2.38. The van der Waals surface area contributed by atoms with Crippen LogP contribution in [0.1, 0.15) is 19.8 Å². The lowest BCUT2D eigenvalue weighted by molar-refractivity contribution is -0.158. The molecule has 0 amide bonds. The Labute approximate surface area is 106 Å². The van der Waals surface area contributed by atoms with Crippen molar-refractivity contribution >= 4 is 11.9 Å². The van der Waals surface area contributed by atoms with Gasteiger partial charge >= 0.3 is 11.9 Å². The SMILES string of the molecule is C=C(C)C(=O)OC1CC2COC(=O)C2CC1OC. The van der Waals surface area contributed by atoms with Gasteiger partial charge in [-0.25, -0.2) is 4.79 Å². The molecule has 4 atom stereocenters. The number of cyclic esters (lactones) is 1. The van der Waals surface area contributed by atoms with Crippen LogP contribution < -0.4 is 0 Å². The van der Waals surface area contributed by atoms with E-state index in [1.54, 1.807) is 14.0 Å². The lowest BCUT2D eigenvalue weighted by atomic mass is 9.78. The standard InChI is InChI=1S/C13H18O5/c1-7(2)12(14)18-11-4-8-6-17-13(15)9(8)5-10(11)16-3/h8-11H,1,4-6H2,2-3H3. The minimum absolute atomic E-state index is 0.116. The lowest BCUT2D eigenvalue weighted by Crippen LogP contribution is -2.43. The molecule has 2 fully saturated rings. The molecule has 1 saturated carbocycles. The van der Waals surface area contributed by atoms with Crippen molar-refractivity contribution in [3.63, 3.8) is 0 Å². The van der Waals surface area contributed by atoms with Crippen molar-refractivity contribution in [2.24, 2.45) is 11.8 Å². The smallest absolute Gasteiger partial charge is 0.333 e. The Bertz CT molecular complexity index is 376. The first-order valence-electron chi connectivity index (χ1n) is 6.08. The Morgan fingerprint density at radius 1 is 1.39 bits per heavy atom. The van der Waals surface area contributed by atoms with Gasteiger partial charge in [0.1, 0.15) is 6.10 Å². The van der Waals surface area contributed by atoms with Crippen LogP contribution in [0.5, 0.6) is 0 Å². The van der Waals surface area contributed by atoms with Crippen LogP contribution in [-0.2, 0) is 23.8 Å². The summed E-state index contributed by atoms with van der Waals surface area (Å²) in [4.78, 5) is 23.1. The lowest BCUT2D eigenvalue weighted by Gasteiger charge is -2.34. The highest BCUT2D eigenvalue weighted by Gasteiger charge is 2.47. The number of esters is 2. The molecule has 0 bridgehead atoms. The van der Waals surface area contributed by atoms with E-state index < -0.39 is 5.97 Å². The summed E-state index contributed by atoms with van der Waals surface area (Å²) >= 11 is 0. The van der Waals surface area contributed by atoms with Crippen molar-refractivity contribution < 1.29 is 23.8 Å². The van der Waals surface area contributed by atoms with E-state index >= 15 is 0 Å². The van der Waals surface area contributed by atoms with Gasteiger partial charge in [0.2, 0.25) is 0 Å².